The van der Waals surface area contributed by atoms with E-state index in [0.29, 0.717) is 47.1 Å². The number of piperidine rings is 1. The minimum Gasteiger partial charge on any atom is -0.457 e. The van der Waals surface area contributed by atoms with E-state index in [0.717, 1.165) is 12.8 Å². The third-order valence-corrected chi connectivity index (χ3v) is 5.72. The molecule has 8 heteroatoms. The minimum atomic E-state index is -0.689. The molecule has 1 aliphatic heterocycles. The normalized spacial score (nSPS) is 17.4. The third kappa shape index (κ3) is 5.82. The molecule has 176 valence electrons. The van der Waals surface area contributed by atoms with Crippen molar-refractivity contribution in [2.45, 2.75) is 24.9 Å². The number of amides is 1. The molecule has 3 rings (SSSR count). The summed E-state index contributed by atoms with van der Waals surface area (Å²) in [5, 5.41) is 13.2. The van der Waals surface area contributed by atoms with Crippen molar-refractivity contribution >= 4 is 11.7 Å². The molecule has 1 amide bonds. The van der Waals surface area contributed by atoms with Crippen molar-refractivity contribution in [3.63, 3.8) is 0 Å². The van der Waals surface area contributed by atoms with Crippen molar-refractivity contribution in [3.05, 3.63) is 84.1 Å². The maximum absolute atomic E-state index is 12.0. The molecular formula is C26H30N6O2. The molecular weight excluding hydrogens is 428 g/mol. The number of para-hydroxylation sites is 1. The van der Waals surface area contributed by atoms with E-state index in [9.17, 15) is 10.1 Å². The van der Waals surface area contributed by atoms with E-state index in [1.165, 1.54) is 12.3 Å². The van der Waals surface area contributed by atoms with Gasteiger partial charge in [0.15, 0.2) is 0 Å². The van der Waals surface area contributed by atoms with Gasteiger partial charge in [-0.05, 0) is 48.7 Å². The number of carbonyl (C=O) groups excluding carboxylic acids is 1. The number of nitriles is 1. The van der Waals surface area contributed by atoms with E-state index in [2.05, 4.69) is 23.0 Å². The van der Waals surface area contributed by atoms with Crippen molar-refractivity contribution in [3.8, 4) is 17.6 Å². The first-order valence-corrected chi connectivity index (χ1v) is 11.1. The Morgan fingerprint density at radius 3 is 2.74 bits per heavy atom. The van der Waals surface area contributed by atoms with Gasteiger partial charge in [-0.1, -0.05) is 30.8 Å². The van der Waals surface area contributed by atoms with E-state index in [1.807, 2.05) is 30.3 Å². The molecule has 0 radical (unpaired) electrons. The molecule has 0 bridgehead atoms. The molecule has 0 spiro atoms. The molecule has 5 N–H and O–H groups in total. The lowest BCUT2D eigenvalue weighted by atomic mass is 9.94. The smallest absolute Gasteiger partial charge is 0.246 e. The number of hydrogen-bond donors (Lipinski definition) is 3. The number of nitrogens with one attached hydrogen (secondary N) is 1. The van der Waals surface area contributed by atoms with Crippen LogP contribution in [-0.2, 0) is 4.79 Å². The van der Waals surface area contributed by atoms with E-state index in [4.69, 9.17) is 16.2 Å². The lowest BCUT2D eigenvalue weighted by Gasteiger charge is -2.34. The predicted octanol–water partition coefficient (Wildman–Crippen LogP) is 2.99. The SMILES string of the molecule is C=CC(=O)N1CCCC(NC(=NC)C(=CN)C(N)c2ccc(Oc3ccccc3)cc2C#N)C1. The molecule has 0 saturated carbocycles. The summed E-state index contributed by atoms with van der Waals surface area (Å²) in [5.74, 6) is 1.64. The predicted molar refractivity (Wildman–Crippen MR) is 133 cm³/mol. The van der Waals surface area contributed by atoms with Gasteiger partial charge < -0.3 is 26.4 Å². The van der Waals surface area contributed by atoms with Gasteiger partial charge in [-0.25, -0.2) is 0 Å². The highest BCUT2D eigenvalue weighted by atomic mass is 16.5. The molecule has 34 heavy (non-hydrogen) atoms. The Labute approximate surface area is 200 Å². The maximum Gasteiger partial charge on any atom is 0.246 e. The third-order valence-electron chi connectivity index (χ3n) is 5.72. The summed E-state index contributed by atoms with van der Waals surface area (Å²) >= 11 is 0. The number of ether oxygens (including phenoxy) is 1. The fourth-order valence-electron chi connectivity index (χ4n) is 3.98. The second kappa shape index (κ2) is 11.7. The fraction of sp³-hybridized carbons (Fsp3) is 0.269. The summed E-state index contributed by atoms with van der Waals surface area (Å²) < 4.78 is 5.84. The van der Waals surface area contributed by atoms with Crippen LogP contribution in [0.3, 0.4) is 0 Å². The number of amidine groups is 1. The molecule has 1 aliphatic rings. The number of nitrogens with two attached hydrogens (primary N) is 2. The Bertz CT molecular complexity index is 1120. The average Bonchev–Trinajstić information content (AvgIpc) is 2.88. The van der Waals surface area contributed by atoms with Gasteiger partial charge in [0, 0.05) is 38.0 Å². The van der Waals surface area contributed by atoms with Gasteiger partial charge in [0.05, 0.1) is 17.7 Å². The second-order valence-electron chi connectivity index (χ2n) is 7.92. The monoisotopic (exact) mass is 458 g/mol. The van der Waals surface area contributed by atoms with E-state index in [-0.39, 0.29) is 11.9 Å². The van der Waals surface area contributed by atoms with Gasteiger partial charge >= 0.3 is 0 Å². The maximum atomic E-state index is 12.0. The highest BCUT2D eigenvalue weighted by molar-refractivity contribution is 5.99. The lowest BCUT2D eigenvalue weighted by Crippen LogP contribution is -2.50. The summed E-state index contributed by atoms with van der Waals surface area (Å²) in [6.07, 6.45) is 4.48. The molecule has 1 heterocycles. The standard InChI is InChI=1S/C26H30N6O2/c1-3-24(33)32-13-7-8-19(17-32)31-26(30-2)23(16-28)25(29)22-12-11-21(14-18(22)15-27)34-20-9-5-4-6-10-20/h3-6,9-12,14,16,19,25H,1,7-8,13,17,28-29H2,2H3,(H,30,31). The molecule has 0 aromatic heterocycles. The van der Waals surface area contributed by atoms with Gasteiger partial charge in [-0.2, -0.15) is 5.26 Å². The van der Waals surface area contributed by atoms with Gasteiger partial charge in [0.2, 0.25) is 5.91 Å². The second-order valence-corrected chi connectivity index (χ2v) is 7.92. The highest BCUT2D eigenvalue weighted by Crippen LogP contribution is 2.29. The van der Waals surface area contributed by atoms with Gasteiger partial charge in [-0.15, -0.1) is 0 Å². The van der Waals surface area contributed by atoms with Crippen LogP contribution in [0.4, 0.5) is 0 Å². The Kier molecular flexibility index (Phi) is 8.43. The van der Waals surface area contributed by atoms with Gasteiger partial charge in [-0.3, -0.25) is 9.79 Å². The van der Waals surface area contributed by atoms with Crippen LogP contribution in [0.25, 0.3) is 0 Å². The van der Waals surface area contributed by atoms with E-state index < -0.39 is 6.04 Å². The van der Waals surface area contributed by atoms with E-state index in [1.54, 1.807) is 30.1 Å². The topological polar surface area (TPSA) is 130 Å². The van der Waals surface area contributed by atoms with Crippen LogP contribution in [0.15, 0.2) is 78.0 Å². The van der Waals surface area contributed by atoms with Gasteiger partial charge in [0.1, 0.15) is 17.3 Å². The number of aliphatic imine (C=N–C) groups is 1. The Balaban J connectivity index is 1.78. The number of likely N-dealkylation sites (tertiary alicyclic amines) is 1. The van der Waals surface area contributed by atoms with Crippen molar-refractivity contribution in [1.82, 2.24) is 10.2 Å². The van der Waals surface area contributed by atoms with Crippen LogP contribution < -0.4 is 21.5 Å². The van der Waals surface area contributed by atoms with Crippen molar-refractivity contribution < 1.29 is 9.53 Å². The van der Waals surface area contributed by atoms with Crippen LogP contribution in [0.2, 0.25) is 0 Å². The Morgan fingerprint density at radius 1 is 1.32 bits per heavy atom. The number of benzene rings is 2. The van der Waals surface area contributed by atoms with Crippen molar-refractivity contribution in [1.29, 1.82) is 5.26 Å². The zero-order chi connectivity index (χ0) is 24.5. The van der Waals surface area contributed by atoms with Crippen LogP contribution in [0.1, 0.15) is 30.0 Å². The minimum absolute atomic E-state index is 0.00409. The summed E-state index contributed by atoms with van der Waals surface area (Å²) in [7, 11) is 1.65. The molecule has 2 aromatic rings. The molecule has 0 aliphatic carbocycles. The van der Waals surface area contributed by atoms with Crippen LogP contribution in [-0.4, -0.2) is 42.8 Å². The molecule has 2 atom stereocenters. The summed E-state index contributed by atoms with van der Waals surface area (Å²) in [5.41, 5.74) is 14.1. The summed E-state index contributed by atoms with van der Waals surface area (Å²) in [6.45, 7) is 4.80. The van der Waals surface area contributed by atoms with Gasteiger partial charge in [0.25, 0.3) is 0 Å². The first-order chi connectivity index (χ1) is 16.5. The first kappa shape index (κ1) is 24.6. The number of rotatable bonds is 7. The summed E-state index contributed by atoms with van der Waals surface area (Å²) in [4.78, 5) is 18.1. The van der Waals surface area contributed by atoms with Crippen molar-refractivity contribution in [2.24, 2.45) is 16.5 Å². The molecule has 1 saturated heterocycles. The molecule has 1 fully saturated rings. The fourth-order valence-corrected chi connectivity index (χ4v) is 3.98. The van der Waals surface area contributed by atoms with Crippen LogP contribution in [0, 0.1) is 11.3 Å². The number of hydrogen-bond acceptors (Lipinski definition) is 6. The largest absolute Gasteiger partial charge is 0.457 e. The number of nitrogens with zero attached hydrogens (tertiary/aromatic N) is 3. The Hall–Kier alpha value is -4.09. The quantitative estimate of drug-likeness (QED) is 0.332. The average molecular weight is 459 g/mol. The Morgan fingerprint density at radius 2 is 2.09 bits per heavy atom. The molecule has 8 nitrogen and oxygen atoms in total. The number of carbonyl (C=O) groups is 1. The first-order valence-electron chi connectivity index (χ1n) is 11.1. The molecule has 2 unspecified atom stereocenters. The zero-order valence-corrected chi connectivity index (χ0v) is 19.3. The van der Waals surface area contributed by atoms with Crippen LogP contribution in [0.5, 0.6) is 11.5 Å². The van der Waals surface area contributed by atoms with E-state index >= 15 is 0 Å². The van der Waals surface area contributed by atoms with Crippen LogP contribution >= 0.6 is 0 Å². The lowest BCUT2D eigenvalue weighted by molar-refractivity contribution is -0.127. The highest BCUT2D eigenvalue weighted by Gasteiger charge is 2.26. The van der Waals surface area contributed by atoms with Crippen molar-refractivity contribution in [2.75, 3.05) is 20.1 Å². The summed E-state index contributed by atoms with van der Waals surface area (Å²) in [6, 6.07) is 16.0. The zero-order valence-electron chi connectivity index (χ0n) is 19.3. The molecule has 2 aromatic carbocycles.